The van der Waals surface area contributed by atoms with E-state index in [9.17, 15) is 4.79 Å². The molecule has 2 atom stereocenters. The number of carbonyl (C=O) groups is 1. The quantitative estimate of drug-likeness (QED) is 0.569. The number of thiocarbonyl (C=S) groups is 1. The van der Waals surface area contributed by atoms with E-state index in [0.717, 1.165) is 13.0 Å². The highest BCUT2D eigenvalue weighted by molar-refractivity contribution is 7.80. The number of nitrogens with zero attached hydrogens (tertiary/aromatic N) is 1. The SMILES string of the molecule is CC(C(N)=S)N1CCC1C(N)=O. The van der Waals surface area contributed by atoms with Gasteiger partial charge in [-0.25, -0.2) is 0 Å². The van der Waals surface area contributed by atoms with Gasteiger partial charge in [-0.1, -0.05) is 12.2 Å². The Balaban J connectivity index is 2.54. The molecule has 0 aromatic heterocycles. The normalized spacial score (nSPS) is 25.9. The predicted octanol–water partition coefficient (Wildman–Crippen LogP) is -0.779. The van der Waals surface area contributed by atoms with Gasteiger partial charge in [0.25, 0.3) is 0 Å². The summed E-state index contributed by atoms with van der Waals surface area (Å²) in [5.41, 5.74) is 10.6. The lowest BCUT2D eigenvalue weighted by Gasteiger charge is -2.42. The number of hydrogen-bond acceptors (Lipinski definition) is 3. The van der Waals surface area contributed by atoms with Crippen LogP contribution >= 0.6 is 12.2 Å². The van der Waals surface area contributed by atoms with Gasteiger partial charge < -0.3 is 11.5 Å². The summed E-state index contributed by atoms with van der Waals surface area (Å²) in [5.74, 6) is -0.288. The van der Waals surface area contributed by atoms with Gasteiger partial charge in [0, 0.05) is 6.54 Å². The fourth-order valence-corrected chi connectivity index (χ4v) is 1.48. The Kier molecular flexibility index (Phi) is 2.64. The molecule has 12 heavy (non-hydrogen) atoms. The van der Waals surface area contributed by atoms with Crippen LogP contribution in [0.15, 0.2) is 0 Å². The second kappa shape index (κ2) is 3.37. The number of amides is 1. The maximum absolute atomic E-state index is 10.8. The molecule has 1 amide bonds. The topological polar surface area (TPSA) is 72.3 Å². The maximum atomic E-state index is 10.8. The lowest BCUT2D eigenvalue weighted by Crippen LogP contribution is -2.60. The highest BCUT2D eigenvalue weighted by Crippen LogP contribution is 2.19. The third kappa shape index (κ3) is 1.56. The number of rotatable bonds is 3. The molecular weight excluding hydrogens is 174 g/mol. The van der Waals surface area contributed by atoms with Crippen molar-refractivity contribution in [1.82, 2.24) is 4.90 Å². The first kappa shape index (κ1) is 9.41. The fourth-order valence-electron chi connectivity index (χ4n) is 1.34. The van der Waals surface area contributed by atoms with Crippen molar-refractivity contribution in [2.75, 3.05) is 6.54 Å². The zero-order valence-corrected chi connectivity index (χ0v) is 7.80. The van der Waals surface area contributed by atoms with Crippen LogP contribution in [0.5, 0.6) is 0 Å². The first-order valence-electron chi connectivity index (χ1n) is 3.88. The van der Waals surface area contributed by atoms with E-state index in [4.69, 9.17) is 23.7 Å². The molecule has 1 heterocycles. The van der Waals surface area contributed by atoms with Gasteiger partial charge in [-0.2, -0.15) is 0 Å². The molecule has 1 aliphatic heterocycles. The summed E-state index contributed by atoms with van der Waals surface area (Å²) in [4.78, 5) is 13.2. The first-order chi connectivity index (χ1) is 5.54. The van der Waals surface area contributed by atoms with Crippen LogP contribution in [0.2, 0.25) is 0 Å². The lowest BCUT2D eigenvalue weighted by atomic mass is 10.00. The predicted molar refractivity (Wildman–Crippen MR) is 50.6 cm³/mol. The molecule has 0 spiro atoms. The average Bonchev–Trinajstić information content (AvgIpc) is 1.82. The van der Waals surface area contributed by atoms with Crippen LogP contribution in [-0.2, 0) is 4.79 Å². The van der Waals surface area contributed by atoms with Gasteiger partial charge in [-0.05, 0) is 13.3 Å². The molecule has 1 fully saturated rings. The summed E-state index contributed by atoms with van der Waals surface area (Å²) >= 11 is 4.82. The summed E-state index contributed by atoms with van der Waals surface area (Å²) < 4.78 is 0. The van der Waals surface area contributed by atoms with E-state index in [1.807, 2.05) is 11.8 Å². The van der Waals surface area contributed by atoms with Crippen LogP contribution in [0.3, 0.4) is 0 Å². The van der Waals surface area contributed by atoms with E-state index >= 15 is 0 Å². The Hall–Kier alpha value is -0.680. The molecule has 68 valence electrons. The molecule has 0 bridgehead atoms. The van der Waals surface area contributed by atoms with Crippen LogP contribution in [0.1, 0.15) is 13.3 Å². The smallest absolute Gasteiger partial charge is 0.234 e. The maximum Gasteiger partial charge on any atom is 0.234 e. The average molecular weight is 187 g/mol. The highest BCUT2D eigenvalue weighted by atomic mass is 32.1. The van der Waals surface area contributed by atoms with Gasteiger partial charge >= 0.3 is 0 Å². The number of carbonyl (C=O) groups excluding carboxylic acids is 1. The molecule has 0 aliphatic carbocycles. The molecule has 1 aliphatic rings. The molecule has 4 N–H and O–H groups in total. The van der Waals surface area contributed by atoms with Crippen LogP contribution in [-0.4, -0.2) is 34.4 Å². The largest absolute Gasteiger partial charge is 0.392 e. The summed E-state index contributed by atoms with van der Waals surface area (Å²) in [6.07, 6.45) is 0.822. The lowest BCUT2D eigenvalue weighted by molar-refractivity contribution is -0.128. The van der Waals surface area contributed by atoms with Crippen LogP contribution in [0, 0.1) is 0 Å². The Labute approximate surface area is 76.9 Å². The van der Waals surface area contributed by atoms with Crippen LogP contribution in [0.25, 0.3) is 0 Å². The van der Waals surface area contributed by atoms with Crippen molar-refractivity contribution in [3.8, 4) is 0 Å². The van der Waals surface area contributed by atoms with Crippen LogP contribution in [0.4, 0.5) is 0 Å². The number of likely N-dealkylation sites (tertiary alicyclic amines) is 1. The van der Waals surface area contributed by atoms with Gasteiger partial charge in [0.05, 0.1) is 17.1 Å². The molecule has 4 nitrogen and oxygen atoms in total. The number of primary amides is 1. The minimum Gasteiger partial charge on any atom is -0.392 e. The van der Waals surface area contributed by atoms with Crippen molar-refractivity contribution in [3.05, 3.63) is 0 Å². The zero-order valence-electron chi connectivity index (χ0n) is 6.99. The summed E-state index contributed by atoms with van der Waals surface area (Å²) in [7, 11) is 0. The number of hydrogen-bond donors (Lipinski definition) is 2. The van der Waals surface area contributed by atoms with E-state index in [0.29, 0.717) is 4.99 Å². The molecule has 1 saturated heterocycles. The molecule has 0 aromatic rings. The van der Waals surface area contributed by atoms with Crippen molar-refractivity contribution < 1.29 is 4.79 Å². The van der Waals surface area contributed by atoms with Gasteiger partial charge in [0.15, 0.2) is 0 Å². The molecule has 5 heteroatoms. The third-order valence-electron chi connectivity index (χ3n) is 2.30. The first-order valence-corrected chi connectivity index (χ1v) is 4.29. The Morgan fingerprint density at radius 1 is 1.67 bits per heavy atom. The Morgan fingerprint density at radius 2 is 2.25 bits per heavy atom. The molecule has 0 radical (unpaired) electrons. The monoisotopic (exact) mass is 187 g/mol. The van der Waals surface area contributed by atoms with Gasteiger partial charge in [-0.3, -0.25) is 9.69 Å². The summed E-state index contributed by atoms with van der Waals surface area (Å²) in [6, 6.07) is -0.187. The Bertz CT molecular complexity index is 203. The highest BCUT2D eigenvalue weighted by Gasteiger charge is 2.36. The third-order valence-corrected chi connectivity index (χ3v) is 2.64. The van der Waals surface area contributed by atoms with Crippen molar-refractivity contribution in [1.29, 1.82) is 0 Å². The molecule has 2 unspecified atom stereocenters. The zero-order chi connectivity index (χ0) is 9.30. The minimum absolute atomic E-state index is 0.0220. The molecule has 1 rings (SSSR count). The molecule has 0 aromatic carbocycles. The van der Waals surface area contributed by atoms with Crippen molar-refractivity contribution in [2.45, 2.75) is 25.4 Å². The standard InChI is InChI=1S/C7H13N3OS/c1-4(7(9)12)10-3-2-5(10)6(8)11/h4-5H,2-3H2,1H3,(H2,8,11)(H2,9,12). The van der Waals surface area contributed by atoms with Gasteiger partial charge in [0.2, 0.25) is 5.91 Å². The molecular formula is C7H13N3OS. The van der Waals surface area contributed by atoms with E-state index in [1.54, 1.807) is 0 Å². The van der Waals surface area contributed by atoms with Gasteiger partial charge in [0.1, 0.15) is 0 Å². The van der Waals surface area contributed by atoms with E-state index in [-0.39, 0.29) is 18.0 Å². The van der Waals surface area contributed by atoms with Crippen molar-refractivity contribution in [2.24, 2.45) is 11.5 Å². The minimum atomic E-state index is -0.288. The fraction of sp³-hybridized carbons (Fsp3) is 0.714. The summed E-state index contributed by atoms with van der Waals surface area (Å²) in [6.45, 7) is 2.74. The van der Waals surface area contributed by atoms with Crippen molar-refractivity contribution in [3.63, 3.8) is 0 Å². The van der Waals surface area contributed by atoms with Crippen molar-refractivity contribution >= 4 is 23.1 Å². The van der Waals surface area contributed by atoms with E-state index in [2.05, 4.69) is 0 Å². The van der Waals surface area contributed by atoms with E-state index in [1.165, 1.54) is 0 Å². The second-order valence-electron chi connectivity index (χ2n) is 3.02. The van der Waals surface area contributed by atoms with Crippen LogP contribution < -0.4 is 11.5 Å². The summed E-state index contributed by atoms with van der Waals surface area (Å²) in [5, 5.41) is 0. The van der Waals surface area contributed by atoms with E-state index < -0.39 is 0 Å². The van der Waals surface area contributed by atoms with Gasteiger partial charge in [-0.15, -0.1) is 0 Å². The second-order valence-corrected chi connectivity index (χ2v) is 3.49. The number of nitrogens with two attached hydrogens (primary N) is 2. The molecule has 0 saturated carbocycles. The Morgan fingerprint density at radius 3 is 2.50 bits per heavy atom.